The van der Waals surface area contributed by atoms with Gasteiger partial charge in [-0.15, -0.1) is 0 Å². The normalized spacial score (nSPS) is 12.2. The Labute approximate surface area is 115 Å². The molecular formula is C14H25N3O2. The number of nitrogen functional groups attached to an aromatic ring is 1. The van der Waals surface area contributed by atoms with Gasteiger partial charge in [-0.1, -0.05) is 20.3 Å². The van der Waals surface area contributed by atoms with E-state index in [0.29, 0.717) is 24.1 Å². The Balaban J connectivity index is 2.58. The molecule has 0 aliphatic rings. The second-order valence-electron chi connectivity index (χ2n) is 4.61. The summed E-state index contributed by atoms with van der Waals surface area (Å²) in [6, 6.07) is 3.65. The van der Waals surface area contributed by atoms with Crippen LogP contribution < -0.4 is 15.8 Å². The van der Waals surface area contributed by atoms with Gasteiger partial charge in [0, 0.05) is 13.2 Å². The number of nitrogens with zero attached hydrogens (tertiary/aromatic N) is 1. The minimum atomic E-state index is 0.222. The smallest absolute Gasteiger partial charge is 0.239 e. The molecule has 0 aliphatic carbocycles. The predicted octanol–water partition coefficient (Wildman–Crippen LogP) is 2.27. The first-order valence-corrected chi connectivity index (χ1v) is 6.95. The van der Waals surface area contributed by atoms with Crippen molar-refractivity contribution in [2.24, 2.45) is 5.92 Å². The molecule has 0 radical (unpaired) electrons. The summed E-state index contributed by atoms with van der Waals surface area (Å²) in [6.07, 6.45) is 2.76. The molecule has 0 fully saturated rings. The van der Waals surface area contributed by atoms with Crippen molar-refractivity contribution in [3.8, 4) is 5.88 Å². The summed E-state index contributed by atoms with van der Waals surface area (Å²) >= 11 is 0. The fraction of sp³-hybridized carbons (Fsp3) is 0.643. The molecule has 0 bridgehead atoms. The lowest BCUT2D eigenvalue weighted by molar-refractivity contribution is 0.258. The number of aliphatic hydroxyl groups excluding tert-OH is 1. The molecule has 0 aliphatic heterocycles. The summed E-state index contributed by atoms with van der Waals surface area (Å²) in [5.41, 5.74) is 6.37. The van der Waals surface area contributed by atoms with Crippen LogP contribution in [0.5, 0.6) is 5.88 Å². The van der Waals surface area contributed by atoms with Crippen LogP contribution in [0.15, 0.2) is 12.1 Å². The van der Waals surface area contributed by atoms with E-state index in [9.17, 15) is 0 Å². The van der Waals surface area contributed by atoms with E-state index in [4.69, 9.17) is 15.6 Å². The number of rotatable bonds is 9. The number of aromatic nitrogens is 1. The summed E-state index contributed by atoms with van der Waals surface area (Å²) < 4.78 is 5.49. The fourth-order valence-corrected chi connectivity index (χ4v) is 1.75. The fourth-order valence-electron chi connectivity index (χ4n) is 1.75. The van der Waals surface area contributed by atoms with Crippen LogP contribution >= 0.6 is 0 Å². The van der Waals surface area contributed by atoms with Gasteiger partial charge in [-0.05, 0) is 30.9 Å². The third kappa shape index (κ3) is 5.34. The molecule has 0 aromatic carbocycles. The minimum Gasteiger partial charge on any atom is -0.476 e. The Morgan fingerprint density at radius 1 is 1.42 bits per heavy atom. The zero-order valence-corrected chi connectivity index (χ0v) is 11.9. The SMILES string of the molecule is CCCOc1nc(NCC(CC)CCO)ccc1N. The second kappa shape index (κ2) is 8.58. The summed E-state index contributed by atoms with van der Waals surface area (Å²) in [6.45, 7) is 5.79. The topological polar surface area (TPSA) is 80.4 Å². The van der Waals surface area contributed by atoms with Gasteiger partial charge in [0.05, 0.1) is 12.3 Å². The molecule has 1 aromatic heterocycles. The molecule has 5 nitrogen and oxygen atoms in total. The molecule has 1 atom stereocenters. The maximum Gasteiger partial charge on any atom is 0.239 e. The van der Waals surface area contributed by atoms with Crippen molar-refractivity contribution in [3.05, 3.63) is 12.1 Å². The number of anilines is 2. The molecule has 1 rings (SSSR count). The highest BCUT2D eigenvalue weighted by molar-refractivity contribution is 5.53. The maximum absolute atomic E-state index is 8.96. The zero-order valence-electron chi connectivity index (χ0n) is 11.9. The van der Waals surface area contributed by atoms with Crippen molar-refractivity contribution in [3.63, 3.8) is 0 Å². The van der Waals surface area contributed by atoms with E-state index in [2.05, 4.69) is 17.2 Å². The number of nitrogens with two attached hydrogens (primary N) is 1. The predicted molar refractivity (Wildman–Crippen MR) is 78.4 cm³/mol. The minimum absolute atomic E-state index is 0.222. The van der Waals surface area contributed by atoms with E-state index in [1.807, 2.05) is 13.0 Å². The van der Waals surface area contributed by atoms with Crippen LogP contribution in [0, 0.1) is 5.92 Å². The van der Waals surface area contributed by atoms with Crippen molar-refractivity contribution < 1.29 is 9.84 Å². The average molecular weight is 267 g/mol. The molecule has 19 heavy (non-hydrogen) atoms. The lowest BCUT2D eigenvalue weighted by atomic mass is 10.0. The molecule has 108 valence electrons. The Kier molecular flexibility index (Phi) is 7.03. The molecule has 4 N–H and O–H groups in total. The summed E-state index contributed by atoms with van der Waals surface area (Å²) in [5, 5.41) is 12.2. The molecule has 0 spiro atoms. The van der Waals surface area contributed by atoms with Crippen LogP contribution in [0.25, 0.3) is 0 Å². The molecule has 1 unspecified atom stereocenters. The van der Waals surface area contributed by atoms with Crippen LogP contribution in [-0.2, 0) is 0 Å². The standard InChI is InChI=1S/C14H25N3O2/c1-3-9-19-14-12(15)5-6-13(17-14)16-10-11(4-2)7-8-18/h5-6,11,18H,3-4,7-10,15H2,1-2H3,(H,16,17). The van der Waals surface area contributed by atoms with Gasteiger partial charge in [0.1, 0.15) is 5.82 Å². The molecule has 1 heterocycles. The highest BCUT2D eigenvalue weighted by Crippen LogP contribution is 2.21. The van der Waals surface area contributed by atoms with E-state index in [-0.39, 0.29) is 6.61 Å². The van der Waals surface area contributed by atoms with Crippen molar-refractivity contribution in [1.82, 2.24) is 4.98 Å². The summed E-state index contributed by atoms with van der Waals surface area (Å²) in [7, 11) is 0. The summed E-state index contributed by atoms with van der Waals surface area (Å²) in [4.78, 5) is 4.36. The summed E-state index contributed by atoms with van der Waals surface area (Å²) in [5.74, 6) is 1.70. The van der Waals surface area contributed by atoms with Crippen molar-refractivity contribution in [2.75, 3.05) is 30.8 Å². The van der Waals surface area contributed by atoms with Crippen LogP contribution in [0.3, 0.4) is 0 Å². The van der Waals surface area contributed by atoms with Gasteiger partial charge in [0.15, 0.2) is 0 Å². The first-order valence-electron chi connectivity index (χ1n) is 6.95. The molecule has 0 amide bonds. The van der Waals surface area contributed by atoms with Crippen LogP contribution in [0.1, 0.15) is 33.1 Å². The number of hydrogen-bond acceptors (Lipinski definition) is 5. The molecule has 1 aromatic rings. The van der Waals surface area contributed by atoms with Crippen LogP contribution in [0.2, 0.25) is 0 Å². The Morgan fingerprint density at radius 2 is 2.21 bits per heavy atom. The second-order valence-corrected chi connectivity index (χ2v) is 4.61. The van der Waals surface area contributed by atoms with Gasteiger partial charge >= 0.3 is 0 Å². The average Bonchev–Trinajstić information content (AvgIpc) is 2.43. The van der Waals surface area contributed by atoms with Gasteiger partial charge < -0.3 is 20.9 Å². The van der Waals surface area contributed by atoms with Crippen molar-refractivity contribution in [2.45, 2.75) is 33.1 Å². The number of ether oxygens (including phenoxy) is 1. The largest absolute Gasteiger partial charge is 0.476 e. The third-order valence-electron chi connectivity index (χ3n) is 3.02. The van der Waals surface area contributed by atoms with Gasteiger partial charge in [-0.2, -0.15) is 4.98 Å². The zero-order chi connectivity index (χ0) is 14.1. The Bertz CT molecular complexity index is 372. The lowest BCUT2D eigenvalue weighted by Crippen LogP contribution is -2.16. The van der Waals surface area contributed by atoms with Gasteiger partial charge in [0.25, 0.3) is 0 Å². The van der Waals surface area contributed by atoms with Crippen molar-refractivity contribution >= 4 is 11.5 Å². The molecule has 5 heteroatoms. The van der Waals surface area contributed by atoms with E-state index < -0.39 is 0 Å². The molecular weight excluding hydrogens is 242 g/mol. The van der Waals surface area contributed by atoms with Gasteiger partial charge in [-0.3, -0.25) is 0 Å². The van der Waals surface area contributed by atoms with E-state index in [1.165, 1.54) is 0 Å². The van der Waals surface area contributed by atoms with E-state index in [0.717, 1.165) is 31.6 Å². The van der Waals surface area contributed by atoms with Gasteiger partial charge in [0.2, 0.25) is 5.88 Å². The number of aliphatic hydroxyl groups is 1. The monoisotopic (exact) mass is 267 g/mol. The van der Waals surface area contributed by atoms with Crippen LogP contribution in [0.4, 0.5) is 11.5 Å². The third-order valence-corrected chi connectivity index (χ3v) is 3.02. The first-order chi connectivity index (χ1) is 9.21. The van der Waals surface area contributed by atoms with Crippen LogP contribution in [-0.4, -0.2) is 29.8 Å². The number of nitrogens with one attached hydrogen (secondary N) is 1. The molecule has 0 saturated carbocycles. The lowest BCUT2D eigenvalue weighted by Gasteiger charge is -2.15. The van der Waals surface area contributed by atoms with Gasteiger partial charge in [-0.25, -0.2) is 0 Å². The number of pyridine rings is 1. The quantitative estimate of drug-likeness (QED) is 0.639. The molecule has 0 saturated heterocycles. The maximum atomic E-state index is 8.96. The highest BCUT2D eigenvalue weighted by atomic mass is 16.5. The number of hydrogen-bond donors (Lipinski definition) is 3. The van der Waals surface area contributed by atoms with E-state index >= 15 is 0 Å². The highest BCUT2D eigenvalue weighted by Gasteiger charge is 2.08. The van der Waals surface area contributed by atoms with Crippen molar-refractivity contribution in [1.29, 1.82) is 0 Å². The first kappa shape index (κ1) is 15.6. The Morgan fingerprint density at radius 3 is 2.84 bits per heavy atom. The van der Waals surface area contributed by atoms with E-state index in [1.54, 1.807) is 6.07 Å². The Hall–Kier alpha value is -1.49.